The fourth-order valence-electron chi connectivity index (χ4n) is 3.83. The van der Waals surface area contributed by atoms with Crippen LogP contribution in [0.25, 0.3) is 10.6 Å². The van der Waals surface area contributed by atoms with Gasteiger partial charge in [-0.1, -0.05) is 39.8 Å². The fraction of sp³-hybridized carbons (Fsp3) is 0.385. The summed E-state index contributed by atoms with van der Waals surface area (Å²) in [6.07, 6.45) is 4.95. The molecule has 8 amide bonds. The van der Waals surface area contributed by atoms with Gasteiger partial charge in [-0.15, -0.1) is 0 Å². The number of hydrogen-bond acceptors (Lipinski definition) is 9. The Kier molecular flexibility index (Phi) is 13.2. The summed E-state index contributed by atoms with van der Waals surface area (Å²) in [4.78, 5) is 75.1. The number of hydrogen-bond donors (Lipinski definition) is 3. The van der Waals surface area contributed by atoms with E-state index in [4.69, 9.17) is 0 Å². The van der Waals surface area contributed by atoms with Crippen molar-refractivity contribution in [3.63, 3.8) is 0 Å². The number of carbonyl (C=O) groups is 6. The van der Waals surface area contributed by atoms with Crippen molar-refractivity contribution in [2.24, 2.45) is 10.8 Å². The van der Waals surface area contributed by atoms with Crippen molar-refractivity contribution in [3.8, 4) is 0 Å². The number of amides is 8. The molecule has 4 rings (SSSR count). The third kappa shape index (κ3) is 7.98. The number of nitrogens with one attached hydrogen (secondary N) is 3. The molecule has 0 aromatic carbocycles. The van der Waals surface area contributed by atoms with Crippen LogP contribution >= 0.6 is 0 Å². The first kappa shape index (κ1) is 34.0. The molecular formula is C26H31N7O6Zn. The number of imide groups is 4. The van der Waals surface area contributed by atoms with E-state index < -0.39 is 46.5 Å². The number of barbiturate groups is 2. The van der Waals surface area contributed by atoms with Crippen molar-refractivity contribution in [2.75, 3.05) is 5.32 Å². The quantitative estimate of drug-likeness (QED) is 0.322. The molecule has 0 radical (unpaired) electrons. The third-order valence-corrected chi connectivity index (χ3v) is 6.54. The molecule has 2 saturated heterocycles. The molecule has 13 nitrogen and oxygen atoms in total. The molecule has 0 spiro atoms. The van der Waals surface area contributed by atoms with Gasteiger partial charge in [0.05, 0.1) is 10.8 Å². The van der Waals surface area contributed by atoms with E-state index >= 15 is 0 Å². The van der Waals surface area contributed by atoms with Crippen LogP contribution in [0.4, 0.5) is 21.2 Å². The molecule has 3 N–H and O–H groups in total. The van der Waals surface area contributed by atoms with Crippen LogP contribution < -0.4 is 16.0 Å². The van der Waals surface area contributed by atoms with Gasteiger partial charge in [0.2, 0.25) is 0 Å². The smallest absolute Gasteiger partial charge is 0.394 e. The molecule has 0 aliphatic carbocycles. The number of rotatable bonds is 6. The van der Waals surface area contributed by atoms with E-state index in [1.54, 1.807) is 40.1 Å². The average Bonchev–Trinajstić information content (AvgIpc) is 2.91. The maximum absolute atomic E-state index is 11.4. The van der Waals surface area contributed by atoms with Crippen LogP contribution in [0.3, 0.4) is 0 Å². The van der Waals surface area contributed by atoms with Crippen LogP contribution in [0, 0.1) is 10.8 Å². The van der Waals surface area contributed by atoms with Gasteiger partial charge >= 0.3 is 19.5 Å². The van der Waals surface area contributed by atoms with E-state index in [1.165, 1.54) is 0 Å². The van der Waals surface area contributed by atoms with Crippen LogP contribution in [-0.4, -0.2) is 45.7 Å². The zero-order valence-electron chi connectivity index (χ0n) is 22.9. The van der Waals surface area contributed by atoms with Crippen LogP contribution in [-0.2, 0) is 38.7 Å². The molecule has 2 aromatic heterocycles. The Morgan fingerprint density at radius 2 is 1.00 bits per heavy atom. The molecule has 0 bridgehead atoms. The summed E-state index contributed by atoms with van der Waals surface area (Å²) in [6.45, 7) is 6.91. The second-order valence-electron chi connectivity index (χ2n) is 8.49. The standard InChI is InChI=1S/C10H9N3.2C8H12N2O3.Zn/c1-3-7-11-9(5-1)13-10-6-2-4-8-12-10;2*1-3-8(4-2)5(11)9-7(13)10-6(8)12;/h1-8H,(H,11,12,13);2*3-4H2,1-2H3,(H2,9,10,11,12,13);/q;;;+2/p-2. The maximum atomic E-state index is 11.4. The van der Waals surface area contributed by atoms with Crippen LogP contribution in [0.1, 0.15) is 53.4 Å². The van der Waals surface area contributed by atoms with E-state index in [0.717, 1.165) is 11.6 Å². The van der Waals surface area contributed by atoms with Crippen molar-refractivity contribution in [1.82, 2.24) is 20.6 Å². The monoisotopic (exact) mass is 601 g/mol. The minimum atomic E-state index is -1.12. The summed E-state index contributed by atoms with van der Waals surface area (Å²) in [5.74, 6) is -0.676. The minimum absolute atomic E-state index is 0. The largest absolute Gasteiger partial charge is 2.00 e. The van der Waals surface area contributed by atoms with Gasteiger partial charge in [-0.3, -0.25) is 28.8 Å². The second kappa shape index (κ2) is 15.5. The molecule has 0 unspecified atom stereocenters. The molecule has 40 heavy (non-hydrogen) atoms. The van der Waals surface area contributed by atoms with Gasteiger partial charge in [-0.25, -0.2) is 9.97 Å². The van der Waals surface area contributed by atoms with Crippen molar-refractivity contribution in [2.45, 2.75) is 53.4 Å². The minimum Gasteiger partial charge on any atom is -0.394 e. The van der Waals surface area contributed by atoms with Gasteiger partial charge in [0, 0.05) is 12.4 Å². The number of urea groups is 2. The first-order chi connectivity index (χ1) is 18.6. The van der Waals surface area contributed by atoms with Crippen molar-refractivity contribution in [1.29, 1.82) is 0 Å². The van der Waals surface area contributed by atoms with E-state index in [2.05, 4.69) is 25.9 Å². The molecule has 2 fully saturated rings. The predicted molar refractivity (Wildman–Crippen MR) is 142 cm³/mol. The summed E-state index contributed by atoms with van der Waals surface area (Å²) in [7, 11) is 0. The zero-order valence-corrected chi connectivity index (χ0v) is 25.9. The van der Waals surface area contributed by atoms with Gasteiger partial charge in [0.15, 0.2) is 35.7 Å². The van der Waals surface area contributed by atoms with Gasteiger partial charge in [-0.2, -0.15) is 0 Å². The number of nitrogens with zero attached hydrogens (tertiary/aromatic N) is 4. The number of aromatic nitrogens is 2. The maximum Gasteiger partial charge on any atom is 2.00 e. The second-order valence-corrected chi connectivity index (χ2v) is 8.49. The van der Waals surface area contributed by atoms with Gasteiger partial charge < -0.3 is 26.6 Å². The Morgan fingerprint density at radius 1 is 0.650 bits per heavy atom. The zero-order chi connectivity index (χ0) is 29.1. The summed E-state index contributed by atoms with van der Waals surface area (Å²) in [6, 6.07) is 9.70. The summed E-state index contributed by atoms with van der Waals surface area (Å²) in [5.41, 5.74) is -2.23. The van der Waals surface area contributed by atoms with E-state index in [0.29, 0.717) is 25.7 Å². The molecule has 2 aromatic rings. The van der Waals surface area contributed by atoms with E-state index in [1.807, 2.05) is 47.0 Å². The summed E-state index contributed by atoms with van der Waals surface area (Å²) >= 11 is 0. The molecule has 0 atom stereocenters. The van der Waals surface area contributed by atoms with Crippen LogP contribution in [0.2, 0.25) is 0 Å². The SMILES string of the molecule is CCC1(CC)C(=O)[N-]C(=O)NC1=O.CCC1(CC)C(=O)[N-]C(=O)NC1=O.[Zn+2].c1ccc(Nc2ccccn2)nc1. The van der Waals surface area contributed by atoms with Crippen molar-refractivity contribution >= 4 is 47.3 Å². The molecule has 2 aliphatic heterocycles. The van der Waals surface area contributed by atoms with Gasteiger partial charge in [-0.05, 0) is 49.9 Å². The van der Waals surface area contributed by atoms with Crippen molar-refractivity contribution < 1.29 is 48.2 Å². The Labute approximate surface area is 244 Å². The topological polar surface area (TPSA) is 192 Å². The molecule has 2 aliphatic rings. The molecule has 4 heterocycles. The van der Waals surface area contributed by atoms with Gasteiger partial charge in [0.25, 0.3) is 0 Å². The number of anilines is 2. The molecular weight excluding hydrogens is 572 g/mol. The van der Waals surface area contributed by atoms with Crippen molar-refractivity contribution in [3.05, 3.63) is 59.4 Å². The molecule has 208 valence electrons. The van der Waals surface area contributed by atoms with E-state index in [9.17, 15) is 28.8 Å². The Bertz CT molecular complexity index is 1070. The first-order valence-corrected chi connectivity index (χ1v) is 12.4. The first-order valence-electron chi connectivity index (χ1n) is 12.4. The summed E-state index contributed by atoms with van der Waals surface area (Å²) in [5, 5.41) is 13.6. The van der Waals surface area contributed by atoms with Gasteiger partial charge in [0.1, 0.15) is 11.6 Å². The average molecular weight is 603 g/mol. The fourth-order valence-corrected chi connectivity index (χ4v) is 3.83. The normalized spacial score (nSPS) is 16.7. The Hall–Kier alpha value is -4.06. The predicted octanol–water partition coefficient (Wildman–Crippen LogP) is 4.10. The molecule has 14 heteroatoms. The Morgan fingerprint density at radius 3 is 1.25 bits per heavy atom. The van der Waals surface area contributed by atoms with Crippen LogP contribution in [0.15, 0.2) is 48.8 Å². The third-order valence-electron chi connectivity index (χ3n) is 6.54. The van der Waals surface area contributed by atoms with E-state index in [-0.39, 0.29) is 19.5 Å². The number of carbonyl (C=O) groups excluding carboxylic acids is 6. The Balaban J connectivity index is 0.000000296. The molecule has 0 saturated carbocycles. The van der Waals surface area contributed by atoms with Crippen LogP contribution in [0.5, 0.6) is 0 Å². The number of pyridine rings is 2. The summed E-state index contributed by atoms with van der Waals surface area (Å²) < 4.78 is 0.